The second-order valence-corrected chi connectivity index (χ2v) is 7.99. The topological polar surface area (TPSA) is 69.6 Å². The van der Waals surface area contributed by atoms with Crippen LogP contribution in [0.1, 0.15) is 37.8 Å². The lowest BCUT2D eigenvalue weighted by atomic mass is 10.1. The molecule has 0 saturated heterocycles. The van der Waals surface area contributed by atoms with E-state index in [1.165, 1.54) is 0 Å². The van der Waals surface area contributed by atoms with E-state index in [4.69, 9.17) is 4.42 Å². The van der Waals surface area contributed by atoms with Crippen molar-refractivity contribution in [3.8, 4) is 10.7 Å². The normalized spacial score (nSPS) is 12.9. The summed E-state index contributed by atoms with van der Waals surface area (Å²) in [7, 11) is 1.97. The Morgan fingerprint density at radius 2 is 2.04 bits per heavy atom. The van der Waals surface area contributed by atoms with Crippen molar-refractivity contribution in [3.63, 3.8) is 0 Å². The highest BCUT2D eigenvalue weighted by Crippen LogP contribution is 2.34. The SMILES string of the molecule is CC(C)Cc1nnc([C@H](C)Sc2nnc(-c3cccs3)n2C)o1. The highest BCUT2D eigenvalue weighted by atomic mass is 32.2. The van der Waals surface area contributed by atoms with E-state index in [9.17, 15) is 0 Å². The van der Waals surface area contributed by atoms with Gasteiger partial charge < -0.3 is 8.98 Å². The molecule has 122 valence electrons. The fourth-order valence-electron chi connectivity index (χ4n) is 2.11. The van der Waals surface area contributed by atoms with Gasteiger partial charge in [0.15, 0.2) is 11.0 Å². The fourth-order valence-corrected chi connectivity index (χ4v) is 3.70. The number of nitrogens with zero attached hydrogens (tertiary/aromatic N) is 5. The third-order valence-electron chi connectivity index (χ3n) is 3.27. The maximum atomic E-state index is 5.75. The van der Waals surface area contributed by atoms with Crippen molar-refractivity contribution in [2.75, 3.05) is 0 Å². The molecule has 0 saturated carbocycles. The zero-order valence-corrected chi connectivity index (χ0v) is 15.2. The van der Waals surface area contributed by atoms with Gasteiger partial charge in [0, 0.05) is 13.5 Å². The smallest absolute Gasteiger partial charge is 0.229 e. The molecule has 0 N–H and O–H groups in total. The third-order valence-corrected chi connectivity index (χ3v) is 5.26. The Hall–Kier alpha value is -1.67. The summed E-state index contributed by atoms with van der Waals surface area (Å²) in [5.41, 5.74) is 0. The summed E-state index contributed by atoms with van der Waals surface area (Å²) in [5.74, 6) is 2.70. The molecule has 0 aliphatic heterocycles. The molecule has 3 aromatic rings. The van der Waals surface area contributed by atoms with Gasteiger partial charge in [0.1, 0.15) is 0 Å². The molecule has 0 aliphatic carbocycles. The van der Waals surface area contributed by atoms with Gasteiger partial charge in [-0.2, -0.15) is 0 Å². The van der Waals surface area contributed by atoms with E-state index in [1.54, 1.807) is 23.1 Å². The predicted octanol–water partition coefficient (Wildman–Crippen LogP) is 3.98. The second-order valence-electron chi connectivity index (χ2n) is 5.73. The molecule has 0 fully saturated rings. The highest BCUT2D eigenvalue weighted by Gasteiger charge is 2.20. The fraction of sp³-hybridized carbons (Fsp3) is 0.467. The summed E-state index contributed by atoms with van der Waals surface area (Å²) in [5, 5.41) is 19.7. The Bertz CT molecular complexity index is 763. The molecule has 0 bridgehead atoms. The van der Waals surface area contributed by atoms with Crippen LogP contribution in [0.25, 0.3) is 10.7 Å². The predicted molar refractivity (Wildman–Crippen MR) is 91.4 cm³/mol. The van der Waals surface area contributed by atoms with E-state index in [1.807, 2.05) is 36.1 Å². The van der Waals surface area contributed by atoms with E-state index in [-0.39, 0.29) is 5.25 Å². The molecule has 0 aliphatic rings. The van der Waals surface area contributed by atoms with Crippen LogP contribution in [0.2, 0.25) is 0 Å². The Balaban J connectivity index is 1.73. The zero-order valence-electron chi connectivity index (χ0n) is 13.6. The van der Waals surface area contributed by atoms with Crippen LogP contribution < -0.4 is 0 Å². The molecule has 23 heavy (non-hydrogen) atoms. The van der Waals surface area contributed by atoms with Crippen LogP contribution in [0.4, 0.5) is 0 Å². The minimum Gasteiger partial charge on any atom is -0.424 e. The molecule has 0 radical (unpaired) electrons. The second kappa shape index (κ2) is 6.84. The molecule has 3 aromatic heterocycles. The molecule has 8 heteroatoms. The van der Waals surface area contributed by atoms with Crippen molar-refractivity contribution in [1.82, 2.24) is 25.0 Å². The number of rotatable bonds is 6. The van der Waals surface area contributed by atoms with E-state index in [0.29, 0.717) is 17.7 Å². The van der Waals surface area contributed by atoms with Gasteiger partial charge in [-0.05, 0) is 24.3 Å². The Kier molecular flexibility index (Phi) is 4.82. The molecular weight excluding hydrogens is 330 g/mol. The van der Waals surface area contributed by atoms with E-state index >= 15 is 0 Å². The van der Waals surface area contributed by atoms with E-state index < -0.39 is 0 Å². The lowest BCUT2D eigenvalue weighted by Gasteiger charge is -2.06. The van der Waals surface area contributed by atoms with E-state index in [0.717, 1.165) is 22.3 Å². The number of aromatic nitrogens is 5. The standard InChI is InChI=1S/C15H19N5OS2/c1-9(2)8-12-16-18-14(21-12)10(3)23-15-19-17-13(20(15)4)11-6-5-7-22-11/h5-7,9-10H,8H2,1-4H3/t10-/m0/s1. The first-order valence-electron chi connectivity index (χ1n) is 7.46. The van der Waals surface area contributed by atoms with Crippen LogP contribution in [0.15, 0.2) is 27.1 Å². The van der Waals surface area contributed by atoms with Crippen LogP contribution in [0.3, 0.4) is 0 Å². The van der Waals surface area contributed by atoms with Gasteiger partial charge in [-0.1, -0.05) is 31.7 Å². The van der Waals surface area contributed by atoms with Crippen LogP contribution in [-0.2, 0) is 13.5 Å². The van der Waals surface area contributed by atoms with Gasteiger partial charge in [0.2, 0.25) is 11.8 Å². The average molecular weight is 349 g/mol. The van der Waals surface area contributed by atoms with Crippen molar-refractivity contribution in [2.45, 2.75) is 37.6 Å². The summed E-state index contributed by atoms with van der Waals surface area (Å²) >= 11 is 3.23. The van der Waals surface area contributed by atoms with Crippen molar-refractivity contribution in [2.24, 2.45) is 13.0 Å². The summed E-state index contributed by atoms with van der Waals surface area (Å²) in [6.45, 7) is 6.30. The van der Waals surface area contributed by atoms with Crippen molar-refractivity contribution >= 4 is 23.1 Å². The van der Waals surface area contributed by atoms with Gasteiger partial charge in [0.05, 0.1) is 10.1 Å². The number of thiophene rings is 1. The molecular formula is C15H19N5OS2. The molecule has 3 heterocycles. The van der Waals surface area contributed by atoms with Gasteiger partial charge >= 0.3 is 0 Å². The van der Waals surface area contributed by atoms with E-state index in [2.05, 4.69) is 34.2 Å². The van der Waals surface area contributed by atoms with Crippen molar-refractivity contribution in [3.05, 3.63) is 29.3 Å². The van der Waals surface area contributed by atoms with Crippen LogP contribution in [0.5, 0.6) is 0 Å². The number of hydrogen-bond donors (Lipinski definition) is 0. The minimum absolute atomic E-state index is 0.0301. The summed E-state index contributed by atoms with van der Waals surface area (Å²) in [6.07, 6.45) is 0.802. The average Bonchev–Trinajstić information content (AvgIpc) is 3.21. The van der Waals surface area contributed by atoms with Crippen molar-refractivity contribution < 1.29 is 4.42 Å². The van der Waals surface area contributed by atoms with Crippen molar-refractivity contribution in [1.29, 1.82) is 0 Å². The van der Waals surface area contributed by atoms with Gasteiger partial charge in [-0.3, -0.25) is 0 Å². The summed E-state index contributed by atoms with van der Waals surface area (Å²) in [6, 6.07) is 4.06. The number of thioether (sulfide) groups is 1. The molecule has 0 spiro atoms. The van der Waals surface area contributed by atoms with Gasteiger partial charge in [0.25, 0.3) is 0 Å². The summed E-state index contributed by atoms with van der Waals surface area (Å²) < 4.78 is 7.75. The first-order valence-corrected chi connectivity index (χ1v) is 9.22. The molecule has 1 atom stereocenters. The first-order chi connectivity index (χ1) is 11.0. The quantitative estimate of drug-likeness (QED) is 0.627. The van der Waals surface area contributed by atoms with Crippen LogP contribution in [-0.4, -0.2) is 25.0 Å². The Labute approximate surface area is 143 Å². The molecule has 0 unspecified atom stereocenters. The molecule has 3 rings (SSSR count). The molecule has 0 aromatic carbocycles. The highest BCUT2D eigenvalue weighted by molar-refractivity contribution is 7.99. The lowest BCUT2D eigenvalue weighted by Crippen LogP contribution is -1.96. The molecule has 0 amide bonds. The Morgan fingerprint density at radius 3 is 2.74 bits per heavy atom. The third kappa shape index (κ3) is 3.64. The molecule has 6 nitrogen and oxygen atoms in total. The monoisotopic (exact) mass is 349 g/mol. The van der Waals surface area contributed by atoms with Gasteiger partial charge in [-0.15, -0.1) is 31.7 Å². The Morgan fingerprint density at radius 1 is 1.22 bits per heavy atom. The van der Waals surface area contributed by atoms with Crippen LogP contribution >= 0.6 is 23.1 Å². The lowest BCUT2D eigenvalue weighted by molar-refractivity contribution is 0.426. The van der Waals surface area contributed by atoms with Crippen LogP contribution in [0, 0.1) is 5.92 Å². The maximum absolute atomic E-state index is 5.75. The number of hydrogen-bond acceptors (Lipinski definition) is 7. The maximum Gasteiger partial charge on any atom is 0.229 e. The minimum atomic E-state index is 0.0301. The summed E-state index contributed by atoms with van der Waals surface area (Å²) in [4.78, 5) is 1.11. The first kappa shape index (κ1) is 16.2. The zero-order chi connectivity index (χ0) is 16.4. The van der Waals surface area contributed by atoms with Gasteiger partial charge in [-0.25, -0.2) is 0 Å². The largest absolute Gasteiger partial charge is 0.424 e.